The van der Waals surface area contributed by atoms with Gasteiger partial charge in [-0.25, -0.2) is 4.39 Å². The SMILES string of the molecule is Fc1ccc(COc2ccc(Cl)cc2CCl)cc1Br. The summed E-state index contributed by atoms with van der Waals surface area (Å²) in [5.74, 6) is 0.708. The minimum Gasteiger partial charge on any atom is -0.489 e. The Morgan fingerprint density at radius 3 is 2.63 bits per heavy atom. The maximum absolute atomic E-state index is 13.1. The van der Waals surface area contributed by atoms with Gasteiger partial charge >= 0.3 is 0 Å². The highest BCUT2D eigenvalue weighted by Crippen LogP contribution is 2.26. The van der Waals surface area contributed by atoms with Gasteiger partial charge in [0.05, 0.1) is 10.4 Å². The van der Waals surface area contributed by atoms with Crippen LogP contribution in [0.5, 0.6) is 5.75 Å². The number of rotatable bonds is 4. The number of hydrogen-bond acceptors (Lipinski definition) is 1. The number of hydrogen-bond donors (Lipinski definition) is 0. The summed E-state index contributed by atoms with van der Waals surface area (Å²) in [6.07, 6.45) is 0. The maximum Gasteiger partial charge on any atom is 0.137 e. The van der Waals surface area contributed by atoms with Gasteiger partial charge in [0, 0.05) is 10.6 Å². The van der Waals surface area contributed by atoms with Crippen molar-refractivity contribution in [1.82, 2.24) is 0 Å². The first kappa shape index (κ1) is 14.6. The fourth-order valence-electron chi connectivity index (χ4n) is 1.58. The Hall–Kier alpha value is -0.770. The quantitative estimate of drug-likeness (QED) is 0.646. The Balaban J connectivity index is 2.12. The summed E-state index contributed by atoms with van der Waals surface area (Å²) < 4.78 is 19.2. The van der Waals surface area contributed by atoms with Crippen LogP contribution in [-0.4, -0.2) is 0 Å². The van der Waals surface area contributed by atoms with Crippen LogP contribution in [0.25, 0.3) is 0 Å². The molecule has 2 aromatic carbocycles. The molecule has 0 aliphatic carbocycles. The van der Waals surface area contributed by atoms with E-state index in [4.69, 9.17) is 27.9 Å². The van der Waals surface area contributed by atoms with Crippen molar-refractivity contribution >= 4 is 39.1 Å². The molecule has 0 amide bonds. The third kappa shape index (κ3) is 3.85. The molecular formula is C14H10BrCl2FO. The second-order valence-electron chi connectivity index (χ2n) is 3.92. The van der Waals surface area contributed by atoms with Crippen molar-refractivity contribution in [3.8, 4) is 5.75 Å². The van der Waals surface area contributed by atoms with Crippen molar-refractivity contribution in [3.05, 3.63) is 62.8 Å². The topological polar surface area (TPSA) is 9.23 Å². The van der Waals surface area contributed by atoms with Gasteiger partial charge in [0.1, 0.15) is 18.2 Å². The van der Waals surface area contributed by atoms with E-state index in [1.807, 2.05) is 0 Å². The molecule has 0 aromatic heterocycles. The van der Waals surface area contributed by atoms with Crippen molar-refractivity contribution in [1.29, 1.82) is 0 Å². The number of halogens is 4. The summed E-state index contributed by atoms with van der Waals surface area (Å²) in [5, 5.41) is 0.618. The molecule has 0 unspecified atom stereocenters. The first-order chi connectivity index (χ1) is 9.10. The van der Waals surface area contributed by atoms with E-state index in [-0.39, 0.29) is 5.82 Å². The molecule has 0 atom stereocenters. The smallest absolute Gasteiger partial charge is 0.137 e. The third-order valence-electron chi connectivity index (χ3n) is 2.54. The van der Waals surface area contributed by atoms with Crippen molar-refractivity contribution in [3.63, 3.8) is 0 Å². The molecule has 0 saturated heterocycles. The summed E-state index contributed by atoms with van der Waals surface area (Å²) in [6, 6.07) is 10.0. The average molecular weight is 364 g/mol. The average Bonchev–Trinajstić information content (AvgIpc) is 2.41. The fraction of sp³-hybridized carbons (Fsp3) is 0.143. The number of alkyl halides is 1. The Bertz CT molecular complexity index is 590. The monoisotopic (exact) mass is 362 g/mol. The highest BCUT2D eigenvalue weighted by atomic mass is 79.9. The first-order valence-corrected chi connectivity index (χ1v) is 7.22. The molecule has 0 aliphatic heterocycles. The molecule has 0 spiro atoms. The highest BCUT2D eigenvalue weighted by Gasteiger charge is 2.05. The normalized spacial score (nSPS) is 10.5. The third-order valence-corrected chi connectivity index (χ3v) is 3.68. The van der Waals surface area contributed by atoms with Gasteiger partial charge in [-0.1, -0.05) is 17.7 Å². The summed E-state index contributed by atoms with van der Waals surface area (Å²) in [5.41, 5.74) is 1.69. The zero-order valence-electron chi connectivity index (χ0n) is 9.80. The van der Waals surface area contributed by atoms with E-state index in [1.54, 1.807) is 30.3 Å². The Morgan fingerprint density at radius 1 is 1.16 bits per heavy atom. The lowest BCUT2D eigenvalue weighted by atomic mass is 10.2. The van der Waals surface area contributed by atoms with Gasteiger partial charge in [0.2, 0.25) is 0 Å². The number of benzene rings is 2. The van der Waals surface area contributed by atoms with E-state index in [0.717, 1.165) is 11.1 Å². The van der Waals surface area contributed by atoms with Crippen LogP contribution < -0.4 is 4.74 Å². The lowest BCUT2D eigenvalue weighted by molar-refractivity contribution is 0.303. The van der Waals surface area contributed by atoms with E-state index in [2.05, 4.69) is 15.9 Å². The van der Waals surface area contributed by atoms with Gasteiger partial charge in [0.25, 0.3) is 0 Å². The molecule has 0 saturated carbocycles. The molecule has 19 heavy (non-hydrogen) atoms. The molecule has 0 aliphatic rings. The van der Waals surface area contributed by atoms with Crippen molar-refractivity contribution in [2.75, 3.05) is 0 Å². The predicted octanol–water partition coefficient (Wildman–Crippen LogP) is 5.56. The predicted molar refractivity (Wildman–Crippen MR) is 79.4 cm³/mol. The largest absolute Gasteiger partial charge is 0.489 e. The minimum absolute atomic E-state index is 0.295. The minimum atomic E-state index is -0.295. The van der Waals surface area contributed by atoms with E-state index in [0.29, 0.717) is 27.7 Å². The standard InChI is InChI=1S/C14H10BrCl2FO/c15-12-5-9(1-3-13(12)18)8-19-14-4-2-11(17)6-10(14)7-16/h1-6H,7-8H2. The summed E-state index contributed by atoms with van der Waals surface area (Å²) >= 11 is 14.9. The van der Waals surface area contributed by atoms with Crippen LogP contribution in [0.3, 0.4) is 0 Å². The van der Waals surface area contributed by atoms with Crippen molar-refractivity contribution < 1.29 is 9.13 Å². The first-order valence-electron chi connectivity index (χ1n) is 5.51. The van der Waals surface area contributed by atoms with Gasteiger partial charge in [-0.2, -0.15) is 0 Å². The van der Waals surface area contributed by atoms with Gasteiger partial charge in [0.15, 0.2) is 0 Å². The van der Waals surface area contributed by atoms with Crippen LogP contribution >= 0.6 is 39.1 Å². The maximum atomic E-state index is 13.1. The van der Waals surface area contributed by atoms with Gasteiger partial charge in [-0.3, -0.25) is 0 Å². The molecular weight excluding hydrogens is 354 g/mol. The zero-order chi connectivity index (χ0) is 13.8. The molecule has 1 nitrogen and oxygen atoms in total. The Kier molecular flexibility index (Phi) is 5.08. The molecule has 0 radical (unpaired) electrons. The second-order valence-corrected chi connectivity index (χ2v) is 5.48. The van der Waals surface area contributed by atoms with E-state index in [1.165, 1.54) is 6.07 Å². The van der Waals surface area contributed by atoms with Crippen LogP contribution in [0.2, 0.25) is 5.02 Å². The van der Waals surface area contributed by atoms with E-state index < -0.39 is 0 Å². The van der Waals surface area contributed by atoms with Crippen LogP contribution in [0.1, 0.15) is 11.1 Å². The molecule has 0 heterocycles. The summed E-state index contributed by atoms with van der Waals surface area (Å²) in [6.45, 7) is 0.338. The van der Waals surface area contributed by atoms with Gasteiger partial charge < -0.3 is 4.74 Å². The lowest BCUT2D eigenvalue weighted by Gasteiger charge is -2.10. The van der Waals surface area contributed by atoms with Gasteiger partial charge in [-0.15, -0.1) is 11.6 Å². The van der Waals surface area contributed by atoms with Crippen molar-refractivity contribution in [2.45, 2.75) is 12.5 Å². The molecule has 100 valence electrons. The molecule has 2 rings (SSSR count). The van der Waals surface area contributed by atoms with Crippen LogP contribution in [0.4, 0.5) is 4.39 Å². The summed E-state index contributed by atoms with van der Waals surface area (Å²) in [4.78, 5) is 0. The summed E-state index contributed by atoms with van der Waals surface area (Å²) in [7, 11) is 0. The van der Waals surface area contributed by atoms with E-state index >= 15 is 0 Å². The lowest BCUT2D eigenvalue weighted by Crippen LogP contribution is -1.98. The Morgan fingerprint density at radius 2 is 1.95 bits per heavy atom. The molecule has 2 aromatic rings. The molecule has 0 bridgehead atoms. The highest BCUT2D eigenvalue weighted by molar-refractivity contribution is 9.10. The molecule has 0 N–H and O–H groups in total. The molecule has 5 heteroatoms. The fourth-order valence-corrected chi connectivity index (χ4v) is 2.41. The second kappa shape index (κ2) is 6.60. The van der Waals surface area contributed by atoms with Crippen LogP contribution in [0, 0.1) is 5.82 Å². The van der Waals surface area contributed by atoms with Crippen LogP contribution in [-0.2, 0) is 12.5 Å². The van der Waals surface area contributed by atoms with E-state index in [9.17, 15) is 4.39 Å². The van der Waals surface area contributed by atoms with Crippen molar-refractivity contribution in [2.24, 2.45) is 0 Å². The van der Waals surface area contributed by atoms with Gasteiger partial charge in [-0.05, 0) is 51.8 Å². The van der Waals surface area contributed by atoms with Crippen LogP contribution in [0.15, 0.2) is 40.9 Å². The Labute approximate surface area is 129 Å². The number of ether oxygens (including phenoxy) is 1. The zero-order valence-corrected chi connectivity index (χ0v) is 12.9. The molecule has 0 fully saturated rings.